The number of ether oxygens (including phenoxy) is 3. The fraction of sp³-hybridized carbons (Fsp3) is 0.167. The summed E-state index contributed by atoms with van der Waals surface area (Å²) in [5, 5.41) is 12.9. The van der Waals surface area contributed by atoms with E-state index in [1.807, 2.05) is 6.07 Å². The molecule has 0 aliphatic rings. The number of aliphatic hydroxyl groups excluding tert-OH is 1. The fourth-order valence-electron chi connectivity index (χ4n) is 2.67. The number of nitrogens with one attached hydrogen (secondary N) is 1. The van der Waals surface area contributed by atoms with Crippen LogP contribution in [0.5, 0.6) is 11.5 Å². The minimum Gasteiger partial charge on any atom is -0.491 e. The van der Waals surface area contributed by atoms with Crippen LogP contribution >= 0.6 is 0 Å². The summed E-state index contributed by atoms with van der Waals surface area (Å²) >= 11 is 0. The van der Waals surface area contributed by atoms with Crippen molar-refractivity contribution in [2.24, 2.45) is 0 Å². The van der Waals surface area contributed by atoms with Crippen LogP contribution in [0.15, 0.2) is 78.9 Å². The lowest BCUT2D eigenvalue weighted by Crippen LogP contribution is -2.25. The molecule has 0 bridgehead atoms. The Hall–Kier alpha value is -3.84. The zero-order valence-corrected chi connectivity index (χ0v) is 17.0. The molecule has 3 aromatic carbocycles. The quantitative estimate of drug-likeness (QED) is 0.513. The molecule has 0 saturated carbocycles. The van der Waals surface area contributed by atoms with Crippen LogP contribution in [0.3, 0.4) is 0 Å². The van der Waals surface area contributed by atoms with Crippen LogP contribution in [-0.2, 0) is 4.74 Å². The molecule has 0 heterocycles. The van der Waals surface area contributed by atoms with Gasteiger partial charge in [-0.05, 0) is 60.7 Å². The van der Waals surface area contributed by atoms with Gasteiger partial charge in [-0.25, -0.2) is 4.79 Å². The molecule has 31 heavy (non-hydrogen) atoms. The van der Waals surface area contributed by atoms with E-state index >= 15 is 0 Å². The van der Waals surface area contributed by atoms with Gasteiger partial charge in [-0.1, -0.05) is 18.2 Å². The number of esters is 1. The Morgan fingerprint density at radius 3 is 1.90 bits per heavy atom. The van der Waals surface area contributed by atoms with E-state index in [9.17, 15) is 14.7 Å². The molecule has 2 N–H and O–H groups in total. The number of anilines is 1. The number of aliphatic hydroxyl groups is 1. The first-order valence-electron chi connectivity index (χ1n) is 9.63. The predicted molar refractivity (Wildman–Crippen MR) is 116 cm³/mol. The van der Waals surface area contributed by atoms with Crippen LogP contribution in [0.1, 0.15) is 20.7 Å². The molecule has 1 amide bonds. The molecule has 7 heteroatoms. The van der Waals surface area contributed by atoms with Crippen LogP contribution in [0.25, 0.3) is 0 Å². The highest BCUT2D eigenvalue weighted by atomic mass is 16.5. The summed E-state index contributed by atoms with van der Waals surface area (Å²) in [6.45, 7) is 0.0682. The molecular weight excluding hydrogens is 398 g/mol. The first-order valence-corrected chi connectivity index (χ1v) is 9.63. The SMILES string of the molecule is COC(=O)c1ccc(OC[C@H](O)COc2ccc(NC(=O)c3ccccc3)cc2)cc1. The number of carbonyl (C=O) groups is 2. The Morgan fingerprint density at radius 2 is 1.35 bits per heavy atom. The maximum Gasteiger partial charge on any atom is 0.337 e. The van der Waals surface area contributed by atoms with Crippen LogP contribution < -0.4 is 14.8 Å². The molecule has 3 rings (SSSR count). The molecule has 0 aromatic heterocycles. The molecule has 1 atom stereocenters. The third-order valence-electron chi connectivity index (χ3n) is 4.31. The minimum absolute atomic E-state index is 0.0305. The maximum atomic E-state index is 12.2. The molecule has 0 aliphatic heterocycles. The smallest absolute Gasteiger partial charge is 0.337 e. The van der Waals surface area contributed by atoms with Crippen molar-refractivity contribution in [2.75, 3.05) is 25.6 Å². The van der Waals surface area contributed by atoms with Crippen molar-refractivity contribution in [1.82, 2.24) is 0 Å². The highest BCUT2D eigenvalue weighted by Gasteiger charge is 2.09. The first-order chi connectivity index (χ1) is 15.0. The van der Waals surface area contributed by atoms with Gasteiger partial charge in [-0.2, -0.15) is 0 Å². The van der Waals surface area contributed by atoms with Crippen molar-refractivity contribution < 1.29 is 28.9 Å². The Bertz CT molecular complexity index is 987. The number of rotatable bonds is 9. The summed E-state index contributed by atoms with van der Waals surface area (Å²) in [6, 6.07) is 22.2. The molecule has 3 aromatic rings. The molecule has 0 saturated heterocycles. The van der Waals surface area contributed by atoms with Crippen molar-refractivity contribution in [3.8, 4) is 11.5 Å². The van der Waals surface area contributed by atoms with Crippen LogP contribution in [0.4, 0.5) is 5.69 Å². The van der Waals surface area contributed by atoms with Gasteiger partial charge >= 0.3 is 5.97 Å². The van der Waals surface area contributed by atoms with E-state index in [2.05, 4.69) is 10.1 Å². The largest absolute Gasteiger partial charge is 0.491 e. The third kappa shape index (κ3) is 6.58. The van der Waals surface area contributed by atoms with Gasteiger partial charge in [0.1, 0.15) is 30.8 Å². The third-order valence-corrected chi connectivity index (χ3v) is 4.31. The van der Waals surface area contributed by atoms with Gasteiger partial charge in [0.2, 0.25) is 0 Å². The second-order valence-corrected chi connectivity index (χ2v) is 6.64. The minimum atomic E-state index is -0.849. The van der Waals surface area contributed by atoms with Gasteiger partial charge in [-0.15, -0.1) is 0 Å². The van der Waals surface area contributed by atoms with Gasteiger partial charge in [0.25, 0.3) is 5.91 Å². The lowest BCUT2D eigenvalue weighted by Gasteiger charge is -2.14. The van der Waals surface area contributed by atoms with Gasteiger partial charge in [0.15, 0.2) is 0 Å². The number of methoxy groups -OCH3 is 1. The Labute approximate surface area is 180 Å². The maximum absolute atomic E-state index is 12.2. The molecule has 0 radical (unpaired) electrons. The molecule has 0 unspecified atom stereocenters. The van der Waals surface area contributed by atoms with Crippen LogP contribution in [0.2, 0.25) is 0 Å². The zero-order valence-electron chi connectivity index (χ0n) is 17.0. The molecule has 0 spiro atoms. The number of amides is 1. The van der Waals surface area contributed by atoms with Crippen LogP contribution in [-0.4, -0.2) is 43.4 Å². The summed E-state index contributed by atoms with van der Waals surface area (Å²) < 4.78 is 15.7. The van der Waals surface area contributed by atoms with E-state index in [0.29, 0.717) is 28.3 Å². The van der Waals surface area contributed by atoms with E-state index in [1.54, 1.807) is 72.8 Å². The number of benzene rings is 3. The second-order valence-electron chi connectivity index (χ2n) is 6.64. The van der Waals surface area contributed by atoms with Crippen molar-refractivity contribution in [3.05, 3.63) is 90.0 Å². The molecule has 0 aliphatic carbocycles. The number of carbonyl (C=O) groups excluding carboxylic acids is 2. The lowest BCUT2D eigenvalue weighted by atomic mass is 10.2. The lowest BCUT2D eigenvalue weighted by molar-refractivity contribution is 0.0597. The normalized spacial score (nSPS) is 11.3. The van der Waals surface area contributed by atoms with Gasteiger partial charge in [0, 0.05) is 11.3 Å². The van der Waals surface area contributed by atoms with Crippen molar-refractivity contribution >= 4 is 17.6 Å². The predicted octanol–water partition coefficient (Wildman–Crippen LogP) is 3.54. The van der Waals surface area contributed by atoms with Gasteiger partial charge in [0.05, 0.1) is 12.7 Å². The Kier molecular flexibility index (Phi) is 7.61. The molecule has 160 valence electrons. The Balaban J connectivity index is 1.42. The fourth-order valence-corrected chi connectivity index (χ4v) is 2.67. The highest BCUT2D eigenvalue weighted by molar-refractivity contribution is 6.04. The topological polar surface area (TPSA) is 94.1 Å². The van der Waals surface area contributed by atoms with Gasteiger partial charge in [-0.3, -0.25) is 4.79 Å². The summed E-state index contributed by atoms with van der Waals surface area (Å²) in [5.41, 5.74) is 1.63. The summed E-state index contributed by atoms with van der Waals surface area (Å²) in [5.74, 6) is 0.455. The molecular formula is C24H23NO6. The molecule has 7 nitrogen and oxygen atoms in total. The van der Waals surface area contributed by atoms with E-state index in [-0.39, 0.29) is 19.1 Å². The summed E-state index contributed by atoms with van der Waals surface area (Å²) in [6.07, 6.45) is -0.849. The Morgan fingerprint density at radius 1 is 0.806 bits per heavy atom. The standard InChI is InChI=1S/C24H23NO6/c1-29-24(28)18-7-11-21(12-8-18)30-15-20(26)16-31-22-13-9-19(10-14-22)25-23(27)17-5-3-2-4-6-17/h2-14,20,26H,15-16H2,1H3,(H,25,27)/t20-/m0/s1. The summed E-state index contributed by atoms with van der Waals surface area (Å²) in [7, 11) is 1.32. The number of hydrogen-bond donors (Lipinski definition) is 2. The van der Waals surface area contributed by atoms with E-state index in [1.165, 1.54) is 7.11 Å². The molecule has 0 fully saturated rings. The first kappa shape index (κ1) is 21.9. The van der Waals surface area contributed by atoms with Crippen LogP contribution in [0, 0.1) is 0 Å². The monoisotopic (exact) mass is 421 g/mol. The van der Waals surface area contributed by atoms with Crippen molar-refractivity contribution in [3.63, 3.8) is 0 Å². The van der Waals surface area contributed by atoms with E-state index in [4.69, 9.17) is 9.47 Å². The second kappa shape index (κ2) is 10.8. The van der Waals surface area contributed by atoms with Crippen molar-refractivity contribution in [1.29, 1.82) is 0 Å². The van der Waals surface area contributed by atoms with Gasteiger partial charge < -0.3 is 24.6 Å². The number of hydrogen-bond acceptors (Lipinski definition) is 6. The van der Waals surface area contributed by atoms with Crippen molar-refractivity contribution in [2.45, 2.75) is 6.10 Å². The van der Waals surface area contributed by atoms with E-state index < -0.39 is 12.1 Å². The average Bonchev–Trinajstić information content (AvgIpc) is 2.82. The average molecular weight is 421 g/mol. The van der Waals surface area contributed by atoms with E-state index in [0.717, 1.165) is 0 Å². The summed E-state index contributed by atoms with van der Waals surface area (Å²) in [4.78, 5) is 23.6. The highest BCUT2D eigenvalue weighted by Crippen LogP contribution is 2.17. The zero-order chi connectivity index (χ0) is 22.1.